The topological polar surface area (TPSA) is 170 Å². The number of aliphatic hydroxyl groups is 1. The van der Waals surface area contributed by atoms with E-state index in [0.29, 0.717) is 6.42 Å². The Bertz CT molecular complexity index is 1210. The lowest BCUT2D eigenvalue weighted by atomic mass is 9.98. The molecule has 1 fully saturated rings. The predicted molar refractivity (Wildman–Crippen MR) is 129 cm³/mol. The van der Waals surface area contributed by atoms with Gasteiger partial charge in [0.2, 0.25) is 11.7 Å². The SMILES string of the molecule is C[C@@H](O)[C@H](NC(=O)OC(C)(C)C)C(=O)N1CCCC1(C)C(=O)OOc1ccc([N+](=O)[O-])c2cccnc12. The maximum Gasteiger partial charge on any atom is 0.408 e. The molecule has 2 aromatic rings. The largest absolute Gasteiger partial charge is 0.444 e. The van der Waals surface area contributed by atoms with Gasteiger partial charge in [-0.05, 0) is 65.7 Å². The number of carbonyl (C=O) groups is 3. The van der Waals surface area contributed by atoms with Crippen LogP contribution in [-0.4, -0.2) is 67.7 Å². The number of ether oxygens (including phenoxy) is 1. The van der Waals surface area contributed by atoms with E-state index in [1.807, 2.05) is 0 Å². The zero-order valence-electron chi connectivity index (χ0n) is 21.2. The molecule has 0 aliphatic carbocycles. The van der Waals surface area contributed by atoms with E-state index in [1.165, 1.54) is 49.2 Å². The second-order valence-electron chi connectivity index (χ2n) is 9.93. The number of benzene rings is 1. The van der Waals surface area contributed by atoms with E-state index in [9.17, 15) is 29.6 Å². The second kappa shape index (κ2) is 10.5. The lowest BCUT2D eigenvalue weighted by molar-refractivity contribution is -0.383. The van der Waals surface area contributed by atoms with Gasteiger partial charge in [-0.1, -0.05) is 0 Å². The van der Waals surface area contributed by atoms with Crippen LogP contribution in [0.25, 0.3) is 10.9 Å². The van der Waals surface area contributed by atoms with Crippen molar-refractivity contribution in [1.29, 1.82) is 0 Å². The van der Waals surface area contributed by atoms with E-state index >= 15 is 0 Å². The molecule has 13 heteroatoms. The maximum atomic E-state index is 13.3. The average Bonchev–Trinajstić information content (AvgIpc) is 3.21. The summed E-state index contributed by atoms with van der Waals surface area (Å²) >= 11 is 0. The number of aromatic nitrogens is 1. The van der Waals surface area contributed by atoms with Gasteiger partial charge < -0.3 is 20.1 Å². The number of pyridine rings is 1. The number of nitrogens with one attached hydrogen (secondary N) is 1. The van der Waals surface area contributed by atoms with Crippen molar-refractivity contribution in [2.75, 3.05) is 6.54 Å². The maximum absolute atomic E-state index is 13.3. The minimum Gasteiger partial charge on any atom is -0.444 e. The molecule has 1 unspecified atom stereocenters. The molecule has 2 amide bonds. The normalized spacial score (nSPS) is 19.1. The third-order valence-electron chi connectivity index (χ3n) is 5.88. The fourth-order valence-corrected chi connectivity index (χ4v) is 4.05. The van der Waals surface area contributed by atoms with Crippen LogP contribution in [0.2, 0.25) is 0 Å². The van der Waals surface area contributed by atoms with Crippen molar-refractivity contribution in [2.24, 2.45) is 0 Å². The summed E-state index contributed by atoms with van der Waals surface area (Å²) in [6.07, 6.45) is -0.0732. The summed E-state index contributed by atoms with van der Waals surface area (Å²) in [4.78, 5) is 65.1. The quantitative estimate of drug-likeness (QED) is 0.315. The van der Waals surface area contributed by atoms with E-state index < -0.39 is 46.2 Å². The first-order valence-corrected chi connectivity index (χ1v) is 11.6. The lowest BCUT2D eigenvalue weighted by Gasteiger charge is -2.35. The number of nitro groups is 1. The number of amides is 2. The minimum absolute atomic E-state index is 0.0255. The molecule has 0 spiro atoms. The molecule has 0 saturated carbocycles. The summed E-state index contributed by atoms with van der Waals surface area (Å²) in [5, 5.41) is 24.1. The molecule has 0 radical (unpaired) electrons. The standard InChI is InChI=1S/C24H30N4O9/c1-14(29)18(26-22(32)35-23(2,3)4)20(30)27-13-7-11-24(27,5)21(31)37-36-17-10-9-16(28(33)34)15-8-6-12-25-19(15)17/h6,8-10,12,14,18,29H,7,11,13H2,1-5H3,(H,26,32)/t14-,18+,24?/m1/s1. The number of rotatable bonds is 7. The monoisotopic (exact) mass is 518 g/mol. The zero-order chi connectivity index (χ0) is 27.5. The number of nitro benzene ring substituents is 1. The molecule has 2 heterocycles. The molecule has 13 nitrogen and oxygen atoms in total. The Morgan fingerprint density at radius 3 is 2.59 bits per heavy atom. The minimum atomic E-state index is -1.47. The third kappa shape index (κ3) is 6.05. The Morgan fingerprint density at radius 2 is 1.97 bits per heavy atom. The fraction of sp³-hybridized carbons (Fsp3) is 0.500. The van der Waals surface area contributed by atoms with Crippen LogP contribution in [0.15, 0.2) is 30.5 Å². The van der Waals surface area contributed by atoms with Gasteiger partial charge >= 0.3 is 12.1 Å². The molecule has 3 rings (SSSR count). The number of hydrogen-bond donors (Lipinski definition) is 2. The summed E-state index contributed by atoms with van der Waals surface area (Å²) < 4.78 is 5.18. The van der Waals surface area contributed by atoms with Gasteiger partial charge in [-0.25, -0.2) is 14.5 Å². The van der Waals surface area contributed by atoms with Gasteiger partial charge in [0.1, 0.15) is 22.7 Å². The second-order valence-corrected chi connectivity index (χ2v) is 9.93. The smallest absolute Gasteiger partial charge is 0.408 e. The number of alkyl carbamates (subject to hydrolysis) is 1. The first kappa shape index (κ1) is 27.6. The van der Waals surface area contributed by atoms with Crippen molar-refractivity contribution in [3.63, 3.8) is 0 Å². The molecule has 0 bridgehead atoms. The van der Waals surface area contributed by atoms with Gasteiger partial charge in [0.05, 0.1) is 16.4 Å². The van der Waals surface area contributed by atoms with Crippen molar-refractivity contribution in [3.8, 4) is 5.75 Å². The van der Waals surface area contributed by atoms with Gasteiger partial charge in [-0.3, -0.25) is 24.8 Å². The predicted octanol–water partition coefficient (Wildman–Crippen LogP) is 2.64. The Hall–Kier alpha value is -4.00. The Balaban J connectivity index is 1.78. The van der Waals surface area contributed by atoms with Gasteiger partial charge in [0, 0.05) is 18.8 Å². The number of fused-ring (bicyclic) bond motifs is 1. The van der Waals surface area contributed by atoms with Crippen LogP contribution in [0.1, 0.15) is 47.5 Å². The summed E-state index contributed by atoms with van der Waals surface area (Å²) in [5.41, 5.74) is -2.37. The van der Waals surface area contributed by atoms with E-state index in [4.69, 9.17) is 14.5 Å². The highest BCUT2D eigenvalue weighted by Crippen LogP contribution is 2.34. The van der Waals surface area contributed by atoms with Gasteiger partial charge in [-0.2, -0.15) is 0 Å². The Kier molecular flexibility index (Phi) is 7.86. The van der Waals surface area contributed by atoms with Crippen molar-refractivity contribution >= 4 is 34.6 Å². The molecule has 2 N–H and O–H groups in total. The lowest BCUT2D eigenvalue weighted by Crippen LogP contribution is -2.60. The number of likely N-dealkylation sites (tertiary alicyclic amines) is 1. The van der Waals surface area contributed by atoms with Crippen LogP contribution in [0.4, 0.5) is 10.5 Å². The molecule has 200 valence electrons. The van der Waals surface area contributed by atoms with Crippen LogP contribution in [0.5, 0.6) is 5.75 Å². The number of aliphatic hydroxyl groups excluding tert-OH is 1. The first-order valence-electron chi connectivity index (χ1n) is 11.6. The van der Waals surface area contributed by atoms with Crippen LogP contribution >= 0.6 is 0 Å². The summed E-state index contributed by atoms with van der Waals surface area (Å²) in [6, 6.07) is 4.11. The van der Waals surface area contributed by atoms with Crippen molar-refractivity contribution < 1.29 is 38.9 Å². The molecule has 1 saturated heterocycles. The molecule has 3 atom stereocenters. The third-order valence-corrected chi connectivity index (χ3v) is 5.88. The van der Waals surface area contributed by atoms with Gasteiger partial charge in [-0.15, -0.1) is 0 Å². The molecule has 1 aliphatic heterocycles. The molecule has 1 aromatic carbocycles. The molecule has 1 aromatic heterocycles. The molecule has 1 aliphatic rings. The van der Waals surface area contributed by atoms with E-state index in [-0.39, 0.29) is 35.3 Å². The van der Waals surface area contributed by atoms with Crippen LogP contribution in [0, 0.1) is 10.1 Å². The summed E-state index contributed by atoms with van der Waals surface area (Å²) in [5.74, 6) is -1.62. The number of nitrogens with zero attached hydrogens (tertiary/aromatic N) is 3. The van der Waals surface area contributed by atoms with Crippen molar-refractivity contribution in [3.05, 3.63) is 40.6 Å². The van der Waals surface area contributed by atoms with Crippen LogP contribution in [0.3, 0.4) is 0 Å². The van der Waals surface area contributed by atoms with E-state index in [2.05, 4.69) is 10.3 Å². The highest BCUT2D eigenvalue weighted by Gasteiger charge is 2.50. The highest BCUT2D eigenvalue weighted by atomic mass is 17.2. The van der Waals surface area contributed by atoms with Crippen molar-refractivity contribution in [2.45, 2.75) is 70.7 Å². The van der Waals surface area contributed by atoms with E-state index in [0.717, 1.165) is 0 Å². The number of non-ortho nitro benzene ring substituents is 1. The molecule has 37 heavy (non-hydrogen) atoms. The van der Waals surface area contributed by atoms with Gasteiger partial charge in [0.15, 0.2) is 0 Å². The van der Waals surface area contributed by atoms with Crippen LogP contribution < -0.4 is 10.2 Å². The van der Waals surface area contributed by atoms with Crippen LogP contribution in [-0.2, 0) is 19.2 Å². The Morgan fingerprint density at radius 1 is 1.27 bits per heavy atom. The number of carbonyl (C=O) groups excluding carboxylic acids is 3. The van der Waals surface area contributed by atoms with E-state index in [1.54, 1.807) is 20.8 Å². The summed E-state index contributed by atoms with van der Waals surface area (Å²) in [7, 11) is 0. The zero-order valence-corrected chi connectivity index (χ0v) is 21.2. The molecular weight excluding hydrogens is 488 g/mol. The van der Waals surface area contributed by atoms with Crippen molar-refractivity contribution in [1.82, 2.24) is 15.2 Å². The fourth-order valence-electron chi connectivity index (χ4n) is 4.05. The summed E-state index contributed by atoms with van der Waals surface area (Å²) in [6.45, 7) is 7.96. The van der Waals surface area contributed by atoms with Gasteiger partial charge in [0.25, 0.3) is 5.69 Å². The highest BCUT2D eigenvalue weighted by molar-refractivity contribution is 5.93. The average molecular weight is 519 g/mol. The molecular formula is C24H30N4O9. The Labute approximate surface area is 212 Å². The first-order chi connectivity index (χ1) is 17.2. The number of hydrogen-bond acceptors (Lipinski definition) is 10.